The van der Waals surface area contributed by atoms with E-state index in [0.29, 0.717) is 12.3 Å². The lowest BCUT2D eigenvalue weighted by Gasteiger charge is -2.17. The van der Waals surface area contributed by atoms with Gasteiger partial charge in [-0.25, -0.2) is 13.6 Å². The van der Waals surface area contributed by atoms with Crippen LogP contribution in [0.15, 0.2) is 24.3 Å². The molecule has 1 fully saturated rings. The van der Waals surface area contributed by atoms with E-state index in [1.165, 1.54) is 12.8 Å². The molecule has 128 valence electrons. The standard InChI is InChI=1S/C17H24F2N2O2/c18-16(19)12-23-15-9-5-6-13(10-15)11-20-17(22)21-14-7-3-1-2-4-8-14/h5-6,9-10,14,16H,1-4,7-8,11-12H2,(H2,20,21,22). The Morgan fingerprint density at radius 3 is 2.65 bits per heavy atom. The summed E-state index contributed by atoms with van der Waals surface area (Å²) in [6.45, 7) is -0.288. The number of hydrogen-bond acceptors (Lipinski definition) is 2. The summed E-state index contributed by atoms with van der Waals surface area (Å²) in [6, 6.07) is 6.89. The maximum atomic E-state index is 12.1. The number of alkyl halides is 2. The van der Waals surface area contributed by atoms with Crippen molar-refractivity contribution in [2.75, 3.05) is 6.61 Å². The average molecular weight is 326 g/mol. The van der Waals surface area contributed by atoms with Gasteiger partial charge in [0.25, 0.3) is 6.43 Å². The maximum Gasteiger partial charge on any atom is 0.315 e. The maximum absolute atomic E-state index is 12.1. The quantitative estimate of drug-likeness (QED) is 0.780. The van der Waals surface area contributed by atoms with Crippen molar-refractivity contribution in [3.8, 4) is 5.75 Å². The predicted molar refractivity (Wildman–Crippen MR) is 84.8 cm³/mol. The first kappa shape index (κ1) is 17.5. The van der Waals surface area contributed by atoms with Crippen molar-refractivity contribution < 1.29 is 18.3 Å². The molecule has 1 saturated carbocycles. The van der Waals surface area contributed by atoms with Gasteiger partial charge in [0.2, 0.25) is 0 Å². The zero-order chi connectivity index (χ0) is 16.5. The number of carbonyl (C=O) groups excluding carboxylic acids is 1. The number of carbonyl (C=O) groups is 1. The molecular formula is C17H24F2N2O2. The van der Waals surface area contributed by atoms with Gasteiger partial charge in [0, 0.05) is 12.6 Å². The van der Waals surface area contributed by atoms with E-state index in [-0.39, 0.29) is 12.1 Å². The Bertz CT molecular complexity index is 489. The molecule has 1 aliphatic rings. The topological polar surface area (TPSA) is 50.4 Å². The normalized spacial score (nSPS) is 16.0. The van der Waals surface area contributed by atoms with Gasteiger partial charge in [-0.15, -0.1) is 0 Å². The van der Waals surface area contributed by atoms with Gasteiger partial charge in [-0.05, 0) is 30.5 Å². The Labute approximate surface area is 135 Å². The van der Waals surface area contributed by atoms with Crippen molar-refractivity contribution in [1.82, 2.24) is 10.6 Å². The molecule has 0 heterocycles. The number of nitrogens with one attached hydrogen (secondary N) is 2. The molecule has 0 saturated heterocycles. The van der Waals surface area contributed by atoms with E-state index in [2.05, 4.69) is 10.6 Å². The molecule has 0 unspecified atom stereocenters. The number of rotatable bonds is 6. The van der Waals surface area contributed by atoms with Crippen LogP contribution in [0.4, 0.5) is 13.6 Å². The van der Waals surface area contributed by atoms with E-state index in [0.717, 1.165) is 31.2 Å². The molecule has 2 N–H and O–H groups in total. The van der Waals surface area contributed by atoms with Crippen LogP contribution in [0.1, 0.15) is 44.1 Å². The summed E-state index contributed by atoms with van der Waals surface area (Å²) >= 11 is 0. The van der Waals surface area contributed by atoms with Gasteiger partial charge < -0.3 is 15.4 Å². The Kier molecular flexibility index (Phi) is 7.10. The molecule has 4 nitrogen and oxygen atoms in total. The van der Waals surface area contributed by atoms with Gasteiger partial charge in [-0.1, -0.05) is 37.8 Å². The highest BCUT2D eigenvalue weighted by Crippen LogP contribution is 2.17. The van der Waals surface area contributed by atoms with Crippen molar-refractivity contribution >= 4 is 6.03 Å². The predicted octanol–water partition coefficient (Wildman–Crippen LogP) is 3.85. The van der Waals surface area contributed by atoms with Crippen LogP contribution in [0.3, 0.4) is 0 Å². The van der Waals surface area contributed by atoms with Crippen LogP contribution in [-0.4, -0.2) is 25.1 Å². The highest BCUT2D eigenvalue weighted by molar-refractivity contribution is 5.74. The zero-order valence-corrected chi connectivity index (χ0v) is 13.2. The molecule has 0 radical (unpaired) electrons. The molecule has 1 aromatic rings. The average Bonchev–Trinajstić information content (AvgIpc) is 2.80. The fourth-order valence-corrected chi connectivity index (χ4v) is 2.75. The zero-order valence-electron chi connectivity index (χ0n) is 13.2. The van der Waals surface area contributed by atoms with Crippen molar-refractivity contribution in [2.45, 2.75) is 57.5 Å². The number of benzene rings is 1. The third-order valence-corrected chi connectivity index (χ3v) is 3.92. The Morgan fingerprint density at radius 1 is 1.22 bits per heavy atom. The second-order valence-electron chi connectivity index (χ2n) is 5.86. The summed E-state index contributed by atoms with van der Waals surface area (Å²) in [7, 11) is 0. The van der Waals surface area contributed by atoms with Crippen LogP contribution in [0.5, 0.6) is 5.75 Å². The molecule has 0 aromatic heterocycles. The highest BCUT2D eigenvalue weighted by atomic mass is 19.3. The second kappa shape index (κ2) is 9.33. The molecule has 2 rings (SSSR count). The molecule has 0 spiro atoms. The summed E-state index contributed by atoms with van der Waals surface area (Å²) in [6.07, 6.45) is 4.37. The fourth-order valence-electron chi connectivity index (χ4n) is 2.75. The van der Waals surface area contributed by atoms with Gasteiger partial charge in [-0.2, -0.15) is 0 Å². The highest BCUT2D eigenvalue weighted by Gasteiger charge is 2.14. The number of ether oxygens (including phenoxy) is 1. The van der Waals surface area contributed by atoms with Crippen LogP contribution in [-0.2, 0) is 6.54 Å². The molecule has 1 aliphatic carbocycles. The largest absolute Gasteiger partial charge is 0.488 e. The minimum atomic E-state index is -2.50. The number of urea groups is 1. The van der Waals surface area contributed by atoms with E-state index >= 15 is 0 Å². The number of amides is 2. The van der Waals surface area contributed by atoms with Gasteiger partial charge in [0.15, 0.2) is 0 Å². The molecule has 6 heteroatoms. The fraction of sp³-hybridized carbons (Fsp3) is 0.588. The van der Waals surface area contributed by atoms with Crippen molar-refractivity contribution in [1.29, 1.82) is 0 Å². The van der Waals surface area contributed by atoms with E-state index in [9.17, 15) is 13.6 Å². The Morgan fingerprint density at radius 2 is 1.96 bits per heavy atom. The summed E-state index contributed by atoms with van der Waals surface area (Å²) in [5.41, 5.74) is 0.813. The Hall–Kier alpha value is -1.85. The summed E-state index contributed by atoms with van der Waals surface area (Å²) in [5.74, 6) is 0.383. The lowest BCUT2D eigenvalue weighted by molar-refractivity contribution is 0.0818. The van der Waals surface area contributed by atoms with E-state index in [1.807, 2.05) is 6.07 Å². The van der Waals surface area contributed by atoms with Crippen LogP contribution in [0.25, 0.3) is 0 Å². The number of halogens is 2. The lowest BCUT2D eigenvalue weighted by atomic mass is 10.1. The third kappa shape index (κ3) is 6.84. The molecule has 23 heavy (non-hydrogen) atoms. The smallest absolute Gasteiger partial charge is 0.315 e. The second-order valence-corrected chi connectivity index (χ2v) is 5.86. The first-order valence-corrected chi connectivity index (χ1v) is 8.18. The van der Waals surface area contributed by atoms with Crippen molar-refractivity contribution in [2.24, 2.45) is 0 Å². The van der Waals surface area contributed by atoms with Gasteiger partial charge >= 0.3 is 6.03 Å². The SMILES string of the molecule is O=C(NCc1cccc(OCC(F)F)c1)NC1CCCCCC1. The van der Waals surface area contributed by atoms with Crippen LogP contribution in [0.2, 0.25) is 0 Å². The molecule has 0 bridgehead atoms. The van der Waals surface area contributed by atoms with Crippen LogP contribution >= 0.6 is 0 Å². The molecule has 1 aromatic carbocycles. The summed E-state index contributed by atoms with van der Waals surface area (Å²) in [5, 5.41) is 5.81. The van der Waals surface area contributed by atoms with E-state index in [1.54, 1.807) is 18.2 Å². The number of hydrogen-bond donors (Lipinski definition) is 2. The van der Waals surface area contributed by atoms with E-state index in [4.69, 9.17) is 4.74 Å². The first-order chi connectivity index (χ1) is 11.1. The van der Waals surface area contributed by atoms with Crippen molar-refractivity contribution in [3.63, 3.8) is 0 Å². The van der Waals surface area contributed by atoms with Gasteiger partial charge in [0.1, 0.15) is 12.4 Å². The third-order valence-electron chi connectivity index (χ3n) is 3.92. The summed E-state index contributed by atoms with van der Waals surface area (Å²) < 4.78 is 29.2. The minimum absolute atomic E-state index is 0.184. The molecular weight excluding hydrogens is 302 g/mol. The first-order valence-electron chi connectivity index (χ1n) is 8.18. The van der Waals surface area contributed by atoms with Crippen LogP contribution < -0.4 is 15.4 Å². The molecule has 2 amide bonds. The van der Waals surface area contributed by atoms with E-state index < -0.39 is 13.0 Å². The molecule has 0 atom stereocenters. The summed E-state index contributed by atoms with van der Waals surface area (Å²) in [4.78, 5) is 11.9. The lowest BCUT2D eigenvalue weighted by Crippen LogP contribution is -2.41. The van der Waals surface area contributed by atoms with Gasteiger partial charge in [-0.3, -0.25) is 0 Å². The van der Waals surface area contributed by atoms with Gasteiger partial charge in [0.05, 0.1) is 0 Å². The molecule has 0 aliphatic heterocycles. The van der Waals surface area contributed by atoms with Crippen molar-refractivity contribution in [3.05, 3.63) is 29.8 Å². The Balaban J connectivity index is 1.75. The minimum Gasteiger partial charge on any atom is -0.488 e. The van der Waals surface area contributed by atoms with Crippen LogP contribution in [0, 0.1) is 0 Å². The monoisotopic (exact) mass is 326 g/mol.